The molecule has 0 spiro atoms. The quantitative estimate of drug-likeness (QED) is 0.685. The minimum absolute atomic E-state index is 0.766. The molecule has 1 aromatic heterocycles. The smallest absolute Gasteiger partial charge is 0.187 e. The normalized spacial score (nSPS) is 10.6. The van der Waals surface area contributed by atoms with Gasteiger partial charge >= 0.3 is 0 Å². The number of nitrogens with one attached hydrogen (secondary N) is 1. The summed E-state index contributed by atoms with van der Waals surface area (Å²) in [6.07, 6.45) is 0. The van der Waals surface area contributed by atoms with E-state index in [0.717, 1.165) is 27.8 Å². The van der Waals surface area contributed by atoms with Crippen molar-refractivity contribution in [2.75, 3.05) is 11.1 Å². The second-order valence-corrected chi connectivity index (χ2v) is 6.02. The van der Waals surface area contributed by atoms with E-state index in [-0.39, 0.29) is 0 Å². The Balaban J connectivity index is 1.83. The number of benzene rings is 2. The molecule has 1 heterocycles. The zero-order valence-electron chi connectivity index (χ0n) is 12.1. The van der Waals surface area contributed by atoms with Gasteiger partial charge < -0.3 is 11.1 Å². The van der Waals surface area contributed by atoms with Crippen LogP contribution in [-0.4, -0.2) is 4.98 Å². The van der Waals surface area contributed by atoms with E-state index in [2.05, 4.69) is 47.7 Å². The summed E-state index contributed by atoms with van der Waals surface area (Å²) in [6, 6.07) is 14.2. The lowest BCUT2D eigenvalue weighted by Crippen LogP contribution is -1.91. The molecule has 0 fully saturated rings. The third-order valence-corrected chi connectivity index (χ3v) is 3.94. The number of nitrogen functional groups attached to an aromatic ring is 1. The zero-order valence-corrected chi connectivity index (χ0v) is 12.9. The average Bonchev–Trinajstić information content (AvgIpc) is 2.87. The molecule has 3 N–H and O–H groups in total. The van der Waals surface area contributed by atoms with E-state index in [1.54, 1.807) is 11.3 Å². The Labute approximate surface area is 128 Å². The molecular weight excluding hydrogens is 278 g/mol. The summed E-state index contributed by atoms with van der Waals surface area (Å²) in [5, 5.41) is 6.32. The van der Waals surface area contributed by atoms with Crippen LogP contribution in [0.1, 0.15) is 11.1 Å². The molecule has 0 saturated carbocycles. The van der Waals surface area contributed by atoms with E-state index < -0.39 is 0 Å². The molecule has 3 aromatic rings. The summed E-state index contributed by atoms with van der Waals surface area (Å²) in [7, 11) is 0. The first-order valence-corrected chi connectivity index (χ1v) is 7.65. The lowest BCUT2D eigenvalue weighted by molar-refractivity contribution is 1.35. The standard InChI is InChI=1S/C17H17N3S/c1-11-7-12(2)9-15(8-11)19-17-20-16(10-21-17)13-3-5-14(18)6-4-13/h3-10H,18H2,1-2H3,(H,19,20). The highest BCUT2D eigenvalue weighted by molar-refractivity contribution is 7.14. The van der Waals surface area contributed by atoms with Gasteiger partial charge in [-0.1, -0.05) is 18.2 Å². The molecule has 0 unspecified atom stereocenters. The van der Waals surface area contributed by atoms with Crippen molar-refractivity contribution in [3.8, 4) is 11.3 Å². The Morgan fingerprint density at radius 1 is 1.00 bits per heavy atom. The molecule has 0 aliphatic carbocycles. The maximum absolute atomic E-state index is 5.71. The van der Waals surface area contributed by atoms with Crippen LogP contribution in [-0.2, 0) is 0 Å². The van der Waals surface area contributed by atoms with E-state index in [1.165, 1.54) is 11.1 Å². The predicted molar refractivity (Wildman–Crippen MR) is 91.2 cm³/mol. The molecule has 3 nitrogen and oxygen atoms in total. The number of anilines is 3. The van der Waals surface area contributed by atoms with Crippen LogP contribution >= 0.6 is 11.3 Å². The predicted octanol–water partition coefficient (Wildman–Crippen LogP) is 4.75. The number of nitrogens with two attached hydrogens (primary N) is 1. The van der Waals surface area contributed by atoms with Crippen molar-refractivity contribution in [2.24, 2.45) is 0 Å². The third kappa shape index (κ3) is 3.23. The van der Waals surface area contributed by atoms with E-state index in [0.29, 0.717) is 0 Å². The SMILES string of the molecule is Cc1cc(C)cc(Nc2nc(-c3ccc(N)cc3)cs2)c1. The number of thiazole rings is 1. The number of hydrogen-bond donors (Lipinski definition) is 2. The average molecular weight is 295 g/mol. The van der Waals surface area contributed by atoms with Gasteiger partial charge in [0.15, 0.2) is 5.13 Å². The molecule has 0 aliphatic heterocycles. The van der Waals surface area contributed by atoms with Crippen molar-refractivity contribution in [1.82, 2.24) is 4.98 Å². The highest BCUT2D eigenvalue weighted by Crippen LogP contribution is 2.28. The summed E-state index contributed by atoms with van der Waals surface area (Å²) in [4.78, 5) is 4.63. The fraction of sp³-hybridized carbons (Fsp3) is 0.118. The fourth-order valence-corrected chi connectivity index (χ4v) is 3.03. The van der Waals surface area contributed by atoms with E-state index >= 15 is 0 Å². The molecule has 3 rings (SSSR count). The fourth-order valence-electron chi connectivity index (χ4n) is 2.29. The van der Waals surface area contributed by atoms with Crippen molar-refractivity contribution >= 4 is 27.8 Å². The largest absolute Gasteiger partial charge is 0.399 e. The maximum Gasteiger partial charge on any atom is 0.187 e. The van der Waals surface area contributed by atoms with Crippen LogP contribution in [0.25, 0.3) is 11.3 Å². The molecule has 0 saturated heterocycles. The van der Waals surface area contributed by atoms with Gasteiger partial charge in [0.25, 0.3) is 0 Å². The van der Waals surface area contributed by atoms with Crippen LogP contribution < -0.4 is 11.1 Å². The van der Waals surface area contributed by atoms with Crippen molar-refractivity contribution in [2.45, 2.75) is 13.8 Å². The third-order valence-electron chi connectivity index (χ3n) is 3.18. The van der Waals surface area contributed by atoms with E-state index in [1.807, 2.05) is 24.3 Å². The van der Waals surface area contributed by atoms with E-state index in [9.17, 15) is 0 Å². The van der Waals surface area contributed by atoms with Crippen LogP contribution in [0.4, 0.5) is 16.5 Å². The van der Waals surface area contributed by atoms with Crippen LogP contribution in [0.3, 0.4) is 0 Å². The van der Waals surface area contributed by atoms with Crippen LogP contribution in [0.5, 0.6) is 0 Å². The number of nitrogens with zero attached hydrogens (tertiary/aromatic N) is 1. The Bertz CT molecular complexity index is 740. The minimum atomic E-state index is 0.766. The van der Waals surface area contributed by atoms with Crippen molar-refractivity contribution in [3.63, 3.8) is 0 Å². The monoisotopic (exact) mass is 295 g/mol. The summed E-state index contributed by atoms with van der Waals surface area (Å²) in [5.74, 6) is 0. The molecule has 4 heteroatoms. The molecule has 21 heavy (non-hydrogen) atoms. The molecular formula is C17H17N3S. The van der Waals surface area contributed by atoms with Crippen LogP contribution in [0.15, 0.2) is 47.8 Å². The Morgan fingerprint density at radius 2 is 1.67 bits per heavy atom. The summed E-state index contributed by atoms with van der Waals surface area (Å²) in [5.41, 5.74) is 12.1. The van der Waals surface area contributed by atoms with Crippen molar-refractivity contribution in [3.05, 3.63) is 59.0 Å². The first-order chi connectivity index (χ1) is 10.1. The number of aryl methyl sites for hydroxylation is 2. The highest BCUT2D eigenvalue weighted by Gasteiger charge is 2.05. The first-order valence-electron chi connectivity index (χ1n) is 6.77. The Morgan fingerprint density at radius 3 is 2.33 bits per heavy atom. The Hall–Kier alpha value is -2.33. The van der Waals surface area contributed by atoms with Gasteiger partial charge in [0.2, 0.25) is 0 Å². The number of aromatic nitrogens is 1. The van der Waals surface area contributed by atoms with Gasteiger partial charge in [0.05, 0.1) is 5.69 Å². The van der Waals surface area contributed by atoms with Crippen LogP contribution in [0.2, 0.25) is 0 Å². The number of rotatable bonds is 3. The molecule has 106 valence electrons. The van der Waals surface area contributed by atoms with Gasteiger partial charge in [0, 0.05) is 22.3 Å². The molecule has 2 aromatic carbocycles. The summed E-state index contributed by atoms with van der Waals surface area (Å²) < 4.78 is 0. The zero-order chi connectivity index (χ0) is 14.8. The lowest BCUT2D eigenvalue weighted by Gasteiger charge is -2.05. The van der Waals surface area contributed by atoms with Gasteiger partial charge in [0.1, 0.15) is 0 Å². The van der Waals surface area contributed by atoms with Gasteiger partial charge in [-0.25, -0.2) is 4.98 Å². The lowest BCUT2D eigenvalue weighted by atomic mass is 10.1. The summed E-state index contributed by atoms with van der Waals surface area (Å²) in [6.45, 7) is 4.19. The van der Waals surface area contributed by atoms with E-state index in [4.69, 9.17) is 5.73 Å². The second kappa shape index (κ2) is 5.58. The highest BCUT2D eigenvalue weighted by atomic mass is 32.1. The topological polar surface area (TPSA) is 50.9 Å². The van der Waals surface area contributed by atoms with Crippen LogP contribution in [0, 0.1) is 13.8 Å². The van der Waals surface area contributed by atoms with Gasteiger partial charge in [-0.2, -0.15) is 0 Å². The molecule has 0 aliphatic rings. The van der Waals surface area contributed by atoms with Crippen molar-refractivity contribution < 1.29 is 0 Å². The van der Waals surface area contributed by atoms with Gasteiger partial charge in [-0.15, -0.1) is 11.3 Å². The van der Waals surface area contributed by atoms with Crippen molar-refractivity contribution in [1.29, 1.82) is 0 Å². The molecule has 0 atom stereocenters. The minimum Gasteiger partial charge on any atom is -0.399 e. The molecule has 0 radical (unpaired) electrons. The summed E-state index contributed by atoms with van der Waals surface area (Å²) >= 11 is 1.60. The first kappa shape index (κ1) is 13.6. The molecule has 0 amide bonds. The number of hydrogen-bond acceptors (Lipinski definition) is 4. The van der Waals surface area contributed by atoms with Gasteiger partial charge in [-0.05, 0) is 49.2 Å². The second-order valence-electron chi connectivity index (χ2n) is 5.16. The maximum atomic E-state index is 5.71. The van der Waals surface area contributed by atoms with Gasteiger partial charge in [-0.3, -0.25) is 0 Å². The molecule has 0 bridgehead atoms. The Kier molecular flexibility index (Phi) is 3.62.